The molecule has 1 aliphatic rings. The second kappa shape index (κ2) is 8.43. The van der Waals surface area contributed by atoms with Crippen LogP contribution in [0.15, 0.2) is 18.2 Å². The minimum Gasteiger partial charge on any atom is -0.493 e. The number of methoxy groups -OCH3 is 3. The van der Waals surface area contributed by atoms with Crippen molar-refractivity contribution < 1.29 is 28.5 Å². The van der Waals surface area contributed by atoms with Crippen molar-refractivity contribution in [1.82, 2.24) is 0 Å². The summed E-state index contributed by atoms with van der Waals surface area (Å²) in [6.45, 7) is 1.03. The van der Waals surface area contributed by atoms with Crippen LogP contribution in [0.3, 0.4) is 0 Å². The van der Waals surface area contributed by atoms with Crippen LogP contribution >= 0.6 is 0 Å². The van der Waals surface area contributed by atoms with E-state index in [1.54, 1.807) is 39.5 Å². The summed E-state index contributed by atoms with van der Waals surface area (Å²) < 4.78 is 26.4. The molecule has 0 bridgehead atoms. The molecule has 1 heterocycles. The van der Waals surface area contributed by atoms with Gasteiger partial charge in [0, 0.05) is 12.7 Å². The number of hydrogen-bond donors (Lipinski definition) is 0. The zero-order valence-corrected chi connectivity index (χ0v) is 13.7. The van der Waals surface area contributed by atoms with Crippen LogP contribution < -0.4 is 14.2 Å². The van der Waals surface area contributed by atoms with E-state index in [1.165, 1.54) is 6.08 Å². The van der Waals surface area contributed by atoms with Crippen molar-refractivity contribution in [3.8, 4) is 17.2 Å². The molecule has 0 aromatic heterocycles. The van der Waals surface area contributed by atoms with Crippen LogP contribution in [0.5, 0.6) is 17.2 Å². The molecule has 0 saturated carbocycles. The first-order valence-electron chi connectivity index (χ1n) is 7.44. The highest BCUT2D eigenvalue weighted by atomic mass is 16.6. The predicted octanol–water partition coefficient (Wildman–Crippen LogP) is 2.45. The van der Waals surface area contributed by atoms with E-state index in [0.717, 1.165) is 25.0 Å². The molecule has 1 aliphatic heterocycles. The predicted molar refractivity (Wildman–Crippen MR) is 85.1 cm³/mol. The van der Waals surface area contributed by atoms with Crippen LogP contribution in [0.1, 0.15) is 18.4 Å². The Morgan fingerprint density at radius 1 is 1.22 bits per heavy atom. The van der Waals surface area contributed by atoms with E-state index < -0.39 is 5.97 Å². The second-order valence-electron chi connectivity index (χ2n) is 5.06. The maximum atomic E-state index is 11.8. The molecule has 0 spiro atoms. The monoisotopic (exact) mass is 322 g/mol. The molecule has 6 nitrogen and oxygen atoms in total. The number of carbonyl (C=O) groups is 1. The molecule has 23 heavy (non-hydrogen) atoms. The van der Waals surface area contributed by atoms with Crippen LogP contribution in [0.2, 0.25) is 0 Å². The molecule has 126 valence electrons. The van der Waals surface area contributed by atoms with E-state index in [-0.39, 0.29) is 6.10 Å². The SMILES string of the molecule is COc1cc(/C=C/C(=O)OCC2CCCO2)cc(OC)c1OC. The van der Waals surface area contributed by atoms with E-state index in [1.807, 2.05) is 0 Å². The molecule has 1 fully saturated rings. The number of hydrogen-bond acceptors (Lipinski definition) is 6. The number of carbonyl (C=O) groups excluding carboxylic acids is 1. The van der Waals surface area contributed by atoms with Gasteiger partial charge >= 0.3 is 5.97 Å². The van der Waals surface area contributed by atoms with Crippen molar-refractivity contribution in [3.05, 3.63) is 23.8 Å². The normalized spacial score (nSPS) is 17.3. The quantitative estimate of drug-likeness (QED) is 0.567. The average molecular weight is 322 g/mol. The Kier molecular flexibility index (Phi) is 6.29. The van der Waals surface area contributed by atoms with Crippen molar-refractivity contribution >= 4 is 12.0 Å². The summed E-state index contributed by atoms with van der Waals surface area (Å²) in [5.74, 6) is 1.15. The first-order valence-corrected chi connectivity index (χ1v) is 7.44. The van der Waals surface area contributed by atoms with Crippen LogP contribution in [-0.2, 0) is 14.3 Å². The van der Waals surface area contributed by atoms with Crippen molar-refractivity contribution in [2.75, 3.05) is 34.5 Å². The highest BCUT2D eigenvalue weighted by Gasteiger charge is 2.17. The molecule has 0 radical (unpaired) electrons. The summed E-state index contributed by atoms with van der Waals surface area (Å²) in [6, 6.07) is 3.51. The lowest BCUT2D eigenvalue weighted by Crippen LogP contribution is -2.16. The van der Waals surface area contributed by atoms with Gasteiger partial charge in [0.25, 0.3) is 0 Å². The number of esters is 1. The van der Waals surface area contributed by atoms with Gasteiger partial charge in [0.1, 0.15) is 6.61 Å². The van der Waals surface area contributed by atoms with Crippen LogP contribution in [0.4, 0.5) is 0 Å². The van der Waals surface area contributed by atoms with Crippen LogP contribution in [0, 0.1) is 0 Å². The molecule has 0 amide bonds. The maximum absolute atomic E-state index is 11.8. The van der Waals surface area contributed by atoms with Gasteiger partial charge < -0.3 is 23.7 Å². The fourth-order valence-electron chi connectivity index (χ4n) is 2.36. The van der Waals surface area contributed by atoms with Gasteiger partial charge in [-0.2, -0.15) is 0 Å². The summed E-state index contributed by atoms with van der Waals surface area (Å²) in [5, 5.41) is 0. The van der Waals surface area contributed by atoms with Crippen molar-refractivity contribution in [2.24, 2.45) is 0 Å². The Bertz CT molecular complexity index is 535. The highest BCUT2D eigenvalue weighted by molar-refractivity contribution is 5.87. The van der Waals surface area contributed by atoms with Gasteiger partial charge in [0.05, 0.1) is 27.4 Å². The Hall–Kier alpha value is -2.21. The minimum atomic E-state index is -0.408. The minimum absolute atomic E-state index is 0.0218. The first-order chi connectivity index (χ1) is 11.2. The fourth-order valence-corrected chi connectivity index (χ4v) is 2.36. The number of rotatable bonds is 7. The molecule has 0 aliphatic carbocycles. The van der Waals surface area contributed by atoms with E-state index in [2.05, 4.69) is 0 Å². The molecule has 2 rings (SSSR count). The molecule has 1 aromatic carbocycles. The topological polar surface area (TPSA) is 63.2 Å². The summed E-state index contributed by atoms with van der Waals surface area (Å²) in [4.78, 5) is 11.8. The van der Waals surface area contributed by atoms with E-state index in [0.29, 0.717) is 23.9 Å². The molecule has 1 unspecified atom stereocenters. The number of ether oxygens (including phenoxy) is 5. The van der Waals surface area contributed by atoms with E-state index >= 15 is 0 Å². The van der Waals surface area contributed by atoms with E-state index in [9.17, 15) is 4.79 Å². The van der Waals surface area contributed by atoms with Crippen LogP contribution in [0.25, 0.3) is 6.08 Å². The molecule has 1 atom stereocenters. The van der Waals surface area contributed by atoms with Gasteiger partial charge in [-0.1, -0.05) is 0 Å². The molecule has 6 heteroatoms. The van der Waals surface area contributed by atoms with Gasteiger partial charge in [0.2, 0.25) is 5.75 Å². The van der Waals surface area contributed by atoms with Gasteiger partial charge in [-0.25, -0.2) is 4.79 Å². The smallest absolute Gasteiger partial charge is 0.330 e. The summed E-state index contributed by atoms with van der Waals surface area (Å²) in [6.07, 6.45) is 4.99. The molecule has 0 N–H and O–H groups in total. The average Bonchev–Trinajstić information content (AvgIpc) is 3.10. The highest BCUT2D eigenvalue weighted by Crippen LogP contribution is 2.38. The van der Waals surface area contributed by atoms with E-state index in [4.69, 9.17) is 23.7 Å². The Morgan fingerprint density at radius 2 is 1.91 bits per heavy atom. The zero-order chi connectivity index (χ0) is 16.7. The van der Waals surface area contributed by atoms with Crippen molar-refractivity contribution in [3.63, 3.8) is 0 Å². The van der Waals surface area contributed by atoms with Gasteiger partial charge in [-0.3, -0.25) is 0 Å². The third-order valence-electron chi connectivity index (χ3n) is 3.53. The maximum Gasteiger partial charge on any atom is 0.330 e. The van der Waals surface area contributed by atoms with Gasteiger partial charge in [-0.15, -0.1) is 0 Å². The summed E-state index contributed by atoms with van der Waals surface area (Å²) >= 11 is 0. The lowest BCUT2D eigenvalue weighted by molar-refractivity contribution is -0.140. The Morgan fingerprint density at radius 3 is 2.43 bits per heavy atom. The van der Waals surface area contributed by atoms with Crippen molar-refractivity contribution in [2.45, 2.75) is 18.9 Å². The molecular weight excluding hydrogens is 300 g/mol. The fraction of sp³-hybridized carbons (Fsp3) is 0.471. The Balaban J connectivity index is 2.01. The molecule has 1 aromatic rings. The lowest BCUT2D eigenvalue weighted by Gasteiger charge is -2.12. The number of benzene rings is 1. The Labute approximate surface area is 135 Å². The van der Waals surface area contributed by atoms with Crippen LogP contribution in [-0.4, -0.2) is 46.6 Å². The van der Waals surface area contributed by atoms with Crippen molar-refractivity contribution in [1.29, 1.82) is 0 Å². The largest absolute Gasteiger partial charge is 0.493 e. The second-order valence-corrected chi connectivity index (χ2v) is 5.06. The third-order valence-corrected chi connectivity index (χ3v) is 3.53. The summed E-state index contributed by atoms with van der Waals surface area (Å²) in [7, 11) is 4.62. The molecular formula is C17H22O6. The lowest BCUT2D eigenvalue weighted by atomic mass is 10.1. The third kappa shape index (κ3) is 4.63. The standard InChI is InChI=1S/C17H22O6/c1-19-14-9-12(10-15(20-2)17(14)21-3)6-7-16(18)23-11-13-5-4-8-22-13/h6-7,9-10,13H,4-5,8,11H2,1-3H3/b7-6+. The van der Waals surface area contributed by atoms with Gasteiger partial charge in [-0.05, 0) is 36.6 Å². The van der Waals surface area contributed by atoms with Gasteiger partial charge in [0.15, 0.2) is 11.5 Å². The zero-order valence-electron chi connectivity index (χ0n) is 13.7. The summed E-state index contributed by atoms with van der Waals surface area (Å²) in [5.41, 5.74) is 0.744. The first kappa shape index (κ1) is 17.1. The molecule has 1 saturated heterocycles.